The Balaban J connectivity index is 3.02. The zero-order chi connectivity index (χ0) is 4.50. The molecule has 2 heteroatoms. The first-order valence-corrected chi connectivity index (χ1v) is 9.00. The van der Waals surface area contributed by atoms with Crippen LogP contribution in [0.3, 0.4) is 0 Å². The molecule has 0 saturated heterocycles. The van der Waals surface area contributed by atoms with Crippen molar-refractivity contribution in [2.45, 2.75) is 0 Å². The first-order chi connectivity index (χ1) is 2.00. The van der Waals surface area contributed by atoms with Crippen molar-refractivity contribution < 1.29 is 0 Å². The third kappa shape index (κ3) is 77.8. The van der Waals surface area contributed by atoms with Crippen LogP contribution in [0.25, 0.3) is 0 Å². The van der Waals surface area contributed by atoms with Crippen molar-refractivity contribution >= 4 is 16.7 Å². The Labute approximate surface area is 37.6 Å². The van der Waals surface area contributed by atoms with Gasteiger partial charge in [-0.15, -0.1) is 0 Å². The minimum atomic E-state index is -0.472. The topological polar surface area (TPSA) is 0 Å². The molecule has 0 aromatic rings. The SMILES string of the molecule is C[PH](C)(C)[SiH3]. The Bertz CT molecular complexity index is 22.4. The van der Waals surface area contributed by atoms with Gasteiger partial charge in [0.15, 0.2) is 0 Å². The average Bonchev–Trinajstić information content (AvgIpc) is 0.722. The molecule has 34 valence electrons. The molecule has 0 aromatic heterocycles. The molecule has 0 atom stereocenters. The molecule has 5 heavy (non-hydrogen) atoms. The van der Waals surface area contributed by atoms with E-state index in [0.29, 0.717) is 0 Å². The summed E-state index contributed by atoms with van der Waals surface area (Å²) in [5.74, 6) is 0. The molecule has 0 aliphatic rings. The van der Waals surface area contributed by atoms with Gasteiger partial charge in [0.25, 0.3) is 0 Å². The third-order valence-corrected chi connectivity index (χ3v) is 0. The van der Waals surface area contributed by atoms with Gasteiger partial charge in [-0.2, -0.15) is 0 Å². The molecule has 0 fully saturated rings. The monoisotopic (exact) mass is 108 g/mol. The maximum atomic E-state index is 2.39. The van der Waals surface area contributed by atoms with Gasteiger partial charge >= 0.3 is 36.7 Å². The van der Waals surface area contributed by atoms with Crippen molar-refractivity contribution in [1.82, 2.24) is 0 Å². The van der Waals surface area contributed by atoms with Crippen molar-refractivity contribution in [1.29, 1.82) is 0 Å². The Morgan fingerprint density at radius 1 is 1.20 bits per heavy atom. The van der Waals surface area contributed by atoms with Gasteiger partial charge in [-0.25, -0.2) is 0 Å². The molecule has 0 nitrogen and oxygen atoms in total. The summed E-state index contributed by atoms with van der Waals surface area (Å²) in [5, 5.41) is 0. The fourth-order valence-corrected chi connectivity index (χ4v) is 0. The van der Waals surface area contributed by atoms with E-state index in [1.54, 1.807) is 0 Å². The van der Waals surface area contributed by atoms with Gasteiger partial charge in [0.2, 0.25) is 0 Å². The van der Waals surface area contributed by atoms with E-state index < -0.39 is 6.81 Å². The fraction of sp³-hybridized carbons (Fsp3) is 1.00. The molecule has 0 aromatic carbocycles. The zero-order valence-electron chi connectivity index (χ0n) is 4.50. The van der Waals surface area contributed by atoms with Crippen LogP contribution in [0.2, 0.25) is 0 Å². The Kier molecular flexibility index (Phi) is 1.58. The summed E-state index contributed by atoms with van der Waals surface area (Å²) in [6.07, 6.45) is 0. The predicted octanol–water partition coefficient (Wildman–Crippen LogP) is -0.0939. The van der Waals surface area contributed by atoms with E-state index in [1.165, 1.54) is 9.91 Å². The summed E-state index contributed by atoms with van der Waals surface area (Å²) in [5.41, 5.74) is 0. The molecule has 0 aliphatic carbocycles. The molecular weight excluding hydrogens is 95.1 g/mol. The van der Waals surface area contributed by atoms with E-state index in [0.717, 1.165) is 0 Å². The van der Waals surface area contributed by atoms with Crippen LogP contribution in [0.5, 0.6) is 0 Å². The summed E-state index contributed by atoms with van der Waals surface area (Å²) >= 11 is 0. The van der Waals surface area contributed by atoms with E-state index in [9.17, 15) is 0 Å². The minimum absolute atomic E-state index is 0.472. The molecule has 0 bridgehead atoms. The van der Waals surface area contributed by atoms with Crippen LogP contribution in [-0.4, -0.2) is 29.9 Å². The van der Waals surface area contributed by atoms with Crippen LogP contribution in [0.4, 0.5) is 0 Å². The second-order valence-corrected chi connectivity index (χ2v) is 18.0. The number of hydrogen-bond acceptors (Lipinski definition) is 0. The van der Waals surface area contributed by atoms with Crippen LogP contribution in [-0.2, 0) is 0 Å². The first kappa shape index (κ1) is 5.65. The molecule has 0 saturated carbocycles. The van der Waals surface area contributed by atoms with Crippen LogP contribution in [0, 0.1) is 0 Å². The third-order valence-electron chi connectivity index (χ3n) is 0. The molecule has 0 aliphatic heterocycles. The van der Waals surface area contributed by atoms with E-state index in [2.05, 4.69) is 20.0 Å². The Morgan fingerprint density at radius 2 is 1.20 bits per heavy atom. The van der Waals surface area contributed by atoms with Gasteiger partial charge in [0, 0.05) is 0 Å². The van der Waals surface area contributed by atoms with Crippen molar-refractivity contribution in [2.75, 3.05) is 20.0 Å². The second kappa shape index (κ2) is 1.40. The van der Waals surface area contributed by atoms with E-state index in [-0.39, 0.29) is 0 Å². The molecular formula is C3H13PSi. The number of rotatable bonds is 0. The summed E-state index contributed by atoms with van der Waals surface area (Å²) < 4.78 is 0. The van der Waals surface area contributed by atoms with Gasteiger partial charge < -0.3 is 0 Å². The van der Waals surface area contributed by atoms with Crippen molar-refractivity contribution in [3.05, 3.63) is 0 Å². The molecule has 0 heterocycles. The standard InChI is InChI=1S/C3H13PSi/c1-4(2,3)5/h4H,1-3,5H3. The van der Waals surface area contributed by atoms with E-state index in [4.69, 9.17) is 0 Å². The normalized spacial score (nSPS) is 15.8. The summed E-state index contributed by atoms with van der Waals surface area (Å²) in [7, 11) is 1.45. The van der Waals surface area contributed by atoms with Gasteiger partial charge in [-0.3, -0.25) is 0 Å². The maximum absolute atomic E-state index is 2.39. The predicted molar refractivity (Wildman–Crippen MR) is 36.0 cm³/mol. The van der Waals surface area contributed by atoms with Crippen molar-refractivity contribution in [3.8, 4) is 0 Å². The Hall–Kier alpha value is 0.647. The van der Waals surface area contributed by atoms with Crippen molar-refractivity contribution in [3.63, 3.8) is 0 Å². The van der Waals surface area contributed by atoms with Crippen molar-refractivity contribution in [2.24, 2.45) is 0 Å². The van der Waals surface area contributed by atoms with Gasteiger partial charge in [0.05, 0.1) is 0 Å². The zero-order valence-corrected chi connectivity index (χ0v) is 7.50. The molecule has 0 radical (unpaired) electrons. The first-order valence-electron chi connectivity index (χ1n) is 2.00. The second-order valence-electron chi connectivity index (χ2n) is 3.00. The van der Waals surface area contributed by atoms with Crippen LogP contribution < -0.4 is 0 Å². The quantitative estimate of drug-likeness (QED) is 0.300. The fourth-order valence-electron chi connectivity index (χ4n) is 0. The summed E-state index contributed by atoms with van der Waals surface area (Å²) in [6.45, 7) is 6.69. The number of hydrogen-bond donors (Lipinski definition) is 0. The van der Waals surface area contributed by atoms with Crippen LogP contribution in [0.1, 0.15) is 0 Å². The molecule has 0 N–H and O–H groups in total. The van der Waals surface area contributed by atoms with Gasteiger partial charge in [0.1, 0.15) is 0 Å². The van der Waals surface area contributed by atoms with Gasteiger partial charge in [-0.05, 0) is 0 Å². The van der Waals surface area contributed by atoms with E-state index >= 15 is 0 Å². The van der Waals surface area contributed by atoms with Gasteiger partial charge in [-0.1, -0.05) is 0 Å². The molecule has 0 rings (SSSR count). The molecule has 0 unspecified atom stereocenters. The summed E-state index contributed by atoms with van der Waals surface area (Å²) in [6, 6.07) is 0. The average molecular weight is 108 g/mol. The molecule has 0 amide bonds. The Morgan fingerprint density at radius 3 is 1.20 bits per heavy atom. The molecule has 0 spiro atoms. The van der Waals surface area contributed by atoms with Crippen LogP contribution >= 0.6 is 6.81 Å². The summed E-state index contributed by atoms with van der Waals surface area (Å²) in [4.78, 5) is 0. The van der Waals surface area contributed by atoms with Crippen LogP contribution in [0.15, 0.2) is 0 Å². The van der Waals surface area contributed by atoms with E-state index in [1.807, 2.05) is 0 Å².